The summed E-state index contributed by atoms with van der Waals surface area (Å²) < 4.78 is 0.980. The number of thiophene rings is 1. The first-order chi connectivity index (χ1) is 13.4. The van der Waals surface area contributed by atoms with Crippen molar-refractivity contribution in [1.82, 2.24) is 4.98 Å². The summed E-state index contributed by atoms with van der Waals surface area (Å²) in [7, 11) is 0. The van der Waals surface area contributed by atoms with Crippen molar-refractivity contribution in [3.05, 3.63) is 57.5 Å². The molecule has 144 valence electrons. The van der Waals surface area contributed by atoms with Crippen molar-refractivity contribution < 1.29 is 14.7 Å². The molecule has 4 rings (SSSR count). The number of anilines is 1. The summed E-state index contributed by atoms with van der Waals surface area (Å²) in [5.74, 6) is -0.873. The number of rotatable bonds is 5. The van der Waals surface area contributed by atoms with E-state index in [1.165, 1.54) is 33.1 Å². The van der Waals surface area contributed by atoms with Gasteiger partial charge in [-0.1, -0.05) is 44.2 Å². The number of carbonyl (C=O) groups is 2. The number of aliphatic hydroxyl groups excluding tert-OH is 1. The molecule has 3 aromatic rings. The molecule has 0 fully saturated rings. The fraction of sp³-hybridized carbons (Fsp3) is 0.286. The lowest BCUT2D eigenvalue weighted by Crippen LogP contribution is -2.30. The van der Waals surface area contributed by atoms with Crippen molar-refractivity contribution in [2.24, 2.45) is 0 Å². The molecule has 0 bridgehead atoms. The Kier molecular flexibility index (Phi) is 4.81. The standard InChI is InChI=1S/C21H20N2O3S2/c1-4-14(24)17-18(15-6-5-9-27-15)23(20(26)19(17)25)21-22-13-8-7-12(11(2)3)10-16(13)28-21/h5-11,18,25H,4H2,1-3H3. The van der Waals surface area contributed by atoms with Crippen LogP contribution in [0.4, 0.5) is 5.13 Å². The third-order valence-corrected chi connectivity index (χ3v) is 6.86. The predicted molar refractivity (Wildman–Crippen MR) is 113 cm³/mol. The highest BCUT2D eigenvalue weighted by atomic mass is 32.1. The van der Waals surface area contributed by atoms with E-state index in [0.717, 1.165) is 15.1 Å². The van der Waals surface area contributed by atoms with Gasteiger partial charge in [0.15, 0.2) is 16.7 Å². The molecule has 1 aliphatic heterocycles. The fourth-order valence-corrected chi connectivity index (χ4v) is 5.25. The summed E-state index contributed by atoms with van der Waals surface area (Å²) >= 11 is 2.86. The van der Waals surface area contributed by atoms with Gasteiger partial charge in [-0.3, -0.25) is 14.5 Å². The van der Waals surface area contributed by atoms with Crippen molar-refractivity contribution in [2.75, 3.05) is 4.90 Å². The number of Topliss-reactive ketones (excluding diaryl/α,β-unsaturated/α-hetero) is 1. The van der Waals surface area contributed by atoms with Gasteiger partial charge in [0.25, 0.3) is 5.91 Å². The average molecular weight is 413 g/mol. The van der Waals surface area contributed by atoms with Crippen LogP contribution < -0.4 is 4.90 Å². The van der Waals surface area contributed by atoms with E-state index in [-0.39, 0.29) is 17.8 Å². The highest BCUT2D eigenvalue weighted by Crippen LogP contribution is 2.45. The van der Waals surface area contributed by atoms with E-state index in [4.69, 9.17) is 0 Å². The number of amides is 1. The Morgan fingerprint density at radius 2 is 2.11 bits per heavy atom. The molecule has 1 aliphatic rings. The molecular formula is C21H20N2O3S2. The Hall–Kier alpha value is -2.51. The summed E-state index contributed by atoms with van der Waals surface area (Å²) in [6.07, 6.45) is 0.222. The lowest BCUT2D eigenvalue weighted by atomic mass is 10.0. The molecular weight excluding hydrogens is 392 g/mol. The molecule has 1 atom stereocenters. The van der Waals surface area contributed by atoms with Gasteiger partial charge in [0.2, 0.25) is 0 Å². The van der Waals surface area contributed by atoms with Crippen LogP contribution in [0.2, 0.25) is 0 Å². The van der Waals surface area contributed by atoms with Gasteiger partial charge < -0.3 is 5.11 Å². The first kappa shape index (κ1) is 18.8. The van der Waals surface area contributed by atoms with Gasteiger partial charge in [-0.2, -0.15) is 0 Å². The molecule has 0 radical (unpaired) electrons. The van der Waals surface area contributed by atoms with E-state index in [0.29, 0.717) is 11.0 Å². The van der Waals surface area contributed by atoms with Gasteiger partial charge in [-0.15, -0.1) is 11.3 Å². The molecule has 5 nitrogen and oxygen atoms in total. The maximum absolute atomic E-state index is 12.9. The molecule has 0 saturated heterocycles. The monoisotopic (exact) mass is 412 g/mol. The zero-order valence-electron chi connectivity index (χ0n) is 15.8. The second-order valence-electron chi connectivity index (χ2n) is 7.01. The minimum Gasteiger partial charge on any atom is -0.503 e. The Morgan fingerprint density at radius 1 is 1.32 bits per heavy atom. The number of aliphatic hydroxyl groups is 1. The maximum Gasteiger partial charge on any atom is 0.296 e. The van der Waals surface area contributed by atoms with Crippen LogP contribution in [0.15, 0.2) is 47.0 Å². The fourth-order valence-electron chi connectivity index (χ4n) is 3.39. The first-order valence-electron chi connectivity index (χ1n) is 9.16. The average Bonchev–Trinajstić information content (AvgIpc) is 3.39. The van der Waals surface area contributed by atoms with Crippen LogP contribution in [0.3, 0.4) is 0 Å². The summed E-state index contributed by atoms with van der Waals surface area (Å²) in [6.45, 7) is 5.99. The minimum atomic E-state index is -0.634. The second kappa shape index (κ2) is 7.14. The van der Waals surface area contributed by atoms with Gasteiger partial charge in [0, 0.05) is 11.3 Å². The van der Waals surface area contributed by atoms with Crippen LogP contribution >= 0.6 is 22.7 Å². The number of thiazole rings is 1. The summed E-state index contributed by atoms with van der Waals surface area (Å²) in [4.78, 5) is 32.4. The van der Waals surface area contributed by atoms with E-state index < -0.39 is 17.7 Å². The van der Waals surface area contributed by atoms with Gasteiger partial charge >= 0.3 is 0 Å². The number of carbonyl (C=O) groups excluding carboxylic acids is 2. The zero-order valence-corrected chi connectivity index (χ0v) is 17.4. The van der Waals surface area contributed by atoms with Gasteiger partial charge in [0.1, 0.15) is 6.04 Å². The van der Waals surface area contributed by atoms with Crippen molar-refractivity contribution >= 4 is 49.7 Å². The summed E-state index contributed by atoms with van der Waals surface area (Å²) in [5, 5.41) is 12.9. The van der Waals surface area contributed by atoms with Crippen molar-refractivity contribution in [2.45, 2.75) is 39.2 Å². The van der Waals surface area contributed by atoms with Crippen LogP contribution in [0.25, 0.3) is 10.2 Å². The van der Waals surface area contributed by atoms with E-state index in [1.54, 1.807) is 6.92 Å². The van der Waals surface area contributed by atoms with E-state index >= 15 is 0 Å². The quantitative estimate of drug-likeness (QED) is 0.612. The lowest BCUT2D eigenvalue weighted by molar-refractivity contribution is -0.118. The minimum absolute atomic E-state index is 0.164. The molecule has 0 aliphatic carbocycles. The second-order valence-corrected chi connectivity index (χ2v) is 9.00. The van der Waals surface area contributed by atoms with Gasteiger partial charge in [-0.05, 0) is 35.1 Å². The number of ketones is 1. The van der Waals surface area contributed by atoms with E-state index in [9.17, 15) is 14.7 Å². The summed E-state index contributed by atoms with van der Waals surface area (Å²) in [5.41, 5.74) is 2.17. The Bertz CT molecular complexity index is 1100. The molecule has 1 aromatic carbocycles. The molecule has 7 heteroatoms. The molecule has 3 heterocycles. The smallest absolute Gasteiger partial charge is 0.296 e. The van der Waals surface area contributed by atoms with Crippen LogP contribution in [0.5, 0.6) is 0 Å². The van der Waals surface area contributed by atoms with Crippen molar-refractivity contribution in [1.29, 1.82) is 0 Å². The van der Waals surface area contributed by atoms with Gasteiger partial charge in [0.05, 0.1) is 15.8 Å². The molecule has 1 unspecified atom stereocenters. The molecule has 2 aromatic heterocycles. The van der Waals surface area contributed by atoms with Crippen LogP contribution in [-0.2, 0) is 9.59 Å². The van der Waals surface area contributed by atoms with Crippen LogP contribution in [0.1, 0.15) is 49.6 Å². The Morgan fingerprint density at radius 3 is 2.75 bits per heavy atom. The highest BCUT2D eigenvalue weighted by molar-refractivity contribution is 7.22. The Labute approximate surface area is 171 Å². The number of benzene rings is 1. The molecule has 0 saturated carbocycles. The number of hydrogen-bond donors (Lipinski definition) is 1. The summed E-state index contributed by atoms with van der Waals surface area (Å²) in [6, 6.07) is 9.20. The largest absolute Gasteiger partial charge is 0.503 e. The van der Waals surface area contributed by atoms with E-state index in [1.807, 2.05) is 29.6 Å². The number of aromatic nitrogens is 1. The van der Waals surface area contributed by atoms with E-state index in [2.05, 4.69) is 24.9 Å². The lowest BCUT2D eigenvalue weighted by Gasteiger charge is -2.22. The number of fused-ring (bicyclic) bond motifs is 1. The van der Waals surface area contributed by atoms with Gasteiger partial charge in [-0.25, -0.2) is 4.98 Å². The third-order valence-electron chi connectivity index (χ3n) is 4.92. The van der Waals surface area contributed by atoms with Crippen LogP contribution in [-0.4, -0.2) is 21.8 Å². The molecule has 28 heavy (non-hydrogen) atoms. The van der Waals surface area contributed by atoms with Crippen molar-refractivity contribution in [3.63, 3.8) is 0 Å². The first-order valence-corrected chi connectivity index (χ1v) is 10.9. The topological polar surface area (TPSA) is 70.5 Å². The van der Waals surface area contributed by atoms with Crippen molar-refractivity contribution in [3.8, 4) is 0 Å². The van der Waals surface area contributed by atoms with Crippen LogP contribution in [0, 0.1) is 0 Å². The molecule has 0 spiro atoms. The third kappa shape index (κ3) is 2.95. The number of nitrogens with zero attached hydrogens (tertiary/aromatic N) is 2. The highest BCUT2D eigenvalue weighted by Gasteiger charge is 2.45. The number of hydrogen-bond acceptors (Lipinski definition) is 6. The maximum atomic E-state index is 12.9. The Balaban J connectivity index is 1.85. The zero-order chi connectivity index (χ0) is 20.0. The molecule has 1 amide bonds. The SMILES string of the molecule is CCC(=O)C1=C(O)C(=O)N(c2nc3ccc(C(C)C)cc3s2)C1c1cccs1. The normalized spacial score (nSPS) is 17.4. The molecule has 1 N–H and O–H groups in total. The predicted octanol–water partition coefficient (Wildman–Crippen LogP) is 5.36.